The van der Waals surface area contributed by atoms with Crippen LogP contribution in [0.25, 0.3) is 0 Å². The molecular formula is C19H30MnO5Sb. The van der Waals surface area contributed by atoms with Crippen molar-refractivity contribution in [3.05, 3.63) is 23.3 Å². The molecule has 0 amide bonds. The predicted octanol–water partition coefficient (Wildman–Crippen LogP) is 3.33. The van der Waals surface area contributed by atoms with Crippen LogP contribution in [0.2, 0.25) is 0 Å². The molecule has 4 radical (unpaired) electrons. The molecule has 5 nitrogen and oxygen atoms in total. The molecule has 0 atom stereocenters. The van der Waals surface area contributed by atoms with Crippen LogP contribution in [-0.2, 0) is 44.3 Å². The van der Waals surface area contributed by atoms with Crippen molar-refractivity contribution >= 4 is 24.4 Å². The molecular weight excluding hydrogens is 485 g/mol. The fourth-order valence-corrected chi connectivity index (χ4v) is 2.53. The van der Waals surface area contributed by atoms with Gasteiger partial charge in [0.05, 0.1) is 33.0 Å². The Morgan fingerprint density at radius 2 is 1.38 bits per heavy atom. The van der Waals surface area contributed by atoms with Gasteiger partial charge in [0.15, 0.2) is 11.5 Å². The third-order valence-electron chi connectivity index (χ3n) is 3.86. The second-order valence-corrected chi connectivity index (χ2v) is 5.86. The molecule has 1 aromatic carbocycles. The summed E-state index contributed by atoms with van der Waals surface area (Å²) in [6, 6.07) is 4.12. The summed E-state index contributed by atoms with van der Waals surface area (Å²) in [5.41, 5.74) is 2.44. The first kappa shape index (κ1) is 26.0. The van der Waals surface area contributed by atoms with Gasteiger partial charge >= 0.3 is 0 Å². The van der Waals surface area contributed by atoms with Crippen LogP contribution in [0.1, 0.15) is 44.2 Å². The Labute approximate surface area is 185 Å². The minimum absolute atomic E-state index is 0. The van der Waals surface area contributed by atoms with Crippen LogP contribution in [0.5, 0.6) is 11.5 Å². The zero-order chi connectivity index (χ0) is 17.0. The predicted molar refractivity (Wildman–Crippen MR) is 98.5 cm³/mol. The van der Waals surface area contributed by atoms with Crippen LogP contribution in [-0.4, -0.2) is 64.3 Å². The van der Waals surface area contributed by atoms with E-state index in [1.165, 1.54) is 11.1 Å². The van der Waals surface area contributed by atoms with E-state index in [-0.39, 0.29) is 41.5 Å². The molecule has 0 aliphatic carbocycles. The number of ether oxygens (including phenoxy) is 5. The van der Waals surface area contributed by atoms with Crippen molar-refractivity contribution in [2.24, 2.45) is 0 Å². The normalized spacial score (nSPS) is 11.8. The summed E-state index contributed by atoms with van der Waals surface area (Å²) in [6.07, 6.45) is 4.38. The molecule has 0 bridgehead atoms. The van der Waals surface area contributed by atoms with E-state index in [4.69, 9.17) is 23.7 Å². The standard InChI is InChI=1S/C19H30O5.Mn.Sb/c1-3-5-7-20-8-9-21-10-11-22-14-17-13-19-18(23-15-24-19)12-16(17)6-4-2;;/h12-13H,3-11,14-15H2,1-2H3;;. The maximum atomic E-state index is 5.75. The molecule has 1 aromatic rings. The van der Waals surface area contributed by atoms with E-state index in [0.29, 0.717) is 39.8 Å². The van der Waals surface area contributed by atoms with Crippen LogP contribution in [0.15, 0.2) is 12.1 Å². The van der Waals surface area contributed by atoms with Gasteiger partial charge in [0, 0.05) is 48.1 Å². The Hall–Kier alpha value is 0.0377. The summed E-state index contributed by atoms with van der Waals surface area (Å²) in [5.74, 6) is 1.66. The SMILES string of the molecule is CCCCOCCOCCOCc1cc2c(cc1CCC)OCO2.[Mn].[Sb]. The Balaban J connectivity index is 0.00000312. The molecule has 0 N–H and O–H groups in total. The van der Waals surface area contributed by atoms with Crippen molar-refractivity contribution in [1.29, 1.82) is 0 Å². The van der Waals surface area contributed by atoms with Crippen LogP contribution in [0, 0.1) is 0 Å². The second-order valence-electron chi connectivity index (χ2n) is 5.86. The summed E-state index contributed by atoms with van der Waals surface area (Å²) < 4.78 is 27.6. The maximum absolute atomic E-state index is 5.75. The maximum Gasteiger partial charge on any atom is 0.231 e. The first-order valence-electron chi connectivity index (χ1n) is 8.99. The number of hydrogen-bond donors (Lipinski definition) is 0. The molecule has 1 heterocycles. The average molecular weight is 515 g/mol. The van der Waals surface area contributed by atoms with E-state index in [2.05, 4.69) is 19.9 Å². The van der Waals surface area contributed by atoms with E-state index in [0.717, 1.165) is 43.8 Å². The van der Waals surface area contributed by atoms with Crippen molar-refractivity contribution in [3.8, 4) is 11.5 Å². The Kier molecular flexibility index (Phi) is 16.1. The topological polar surface area (TPSA) is 46.2 Å². The first-order valence-corrected chi connectivity index (χ1v) is 8.99. The van der Waals surface area contributed by atoms with Gasteiger partial charge in [-0.15, -0.1) is 0 Å². The monoisotopic (exact) mass is 514 g/mol. The van der Waals surface area contributed by atoms with Gasteiger partial charge in [-0.25, -0.2) is 0 Å². The van der Waals surface area contributed by atoms with Gasteiger partial charge < -0.3 is 23.7 Å². The van der Waals surface area contributed by atoms with Crippen LogP contribution in [0.4, 0.5) is 0 Å². The van der Waals surface area contributed by atoms with E-state index in [9.17, 15) is 0 Å². The van der Waals surface area contributed by atoms with Crippen molar-refractivity contribution in [1.82, 2.24) is 0 Å². The Morgan fingerprint density at radius 3 is 2.00 bits per heavy atom. The van der Waals surface area contributed by atoms with Crippen LogP contribution in [0.3, 0.4) is 0 Å². The molecule has 1 aliphatic heterocycles. The molecule has 0 saturated heterocycles. The first-order chi connectivity index (χ1) is 11.8. The average Bonchev–Trinajstić information content (AvgIpc) is 3.04. The summed E-state index contributed by atoms with van der Waals surface area (Å²) in [5, 5.41) is 0. The van der Waals surface area contributed by atoms with E-state index < -0.39 is 0 Å². The number of rotatable bonds is 13. The summed E-state index contributed by atoms with van der Waals surface area (Å²) in [7, 11) is 0. The molecule has 2 rings (SSSR count). The number of aryl methyl sites for hydroxylation is 1. The molecule has 148 valence electrons. The number of unbranched alkanes of at least 4 members (excludes halogenated alkanes) is 1. The minimum atomic E-state index is 0. The van der Waals surface area contributed by atoms with Gasteiger partial charge in [-0.3, -0.25) is 0 Å². The summed E-state index contributed by atoms with van der Waals surface area (Å²) in [6.45, 7) is 8.47. The van der Waals surface area contributed by atoms with Crippen LogP contribution < -0.4 is 9.47 Å². The van der Waals surface area contributed by atoms with Gasteiger partial charge in [0.25, 0.3) is 0 Å². The van der Waals surface area contributed by atoms with E-state index in [1.807, 2.05) is 6.07 Å². The molecule has 0 spiro atoms. The van der Waals surface area contributed by atoms with Gasteiger partial charge in [-0.1, -0.05) is 26.7 Å². The number of benzene rings is 1. The van der Waals surface area contributed by atoms with Gasteiger partial charge in [-0.2, -0.15) is 0 Å². The number of hydrogen-bond acceptors (Lipinski definition) is 5. The third kappa shape index (κ3) is 9.30. The molecule has 7 heteroatoms. The van der Waals surface area contributed by atoms with E-state index >= 15 is 0 Å². The van der Waals surface area contributed by atoms with Crippen molar-refractivity contribution in [2.45, 2.75) is 46.1 Å². The molecule has 0 fully saturated rings. The fourth-order valence-electron chi connectivity index (χ4n) is 2.53. The molecule has 0 unspecified atom stereocenters. The summed E-state index contributed by atoms with van der Waals surface area (Å²) in [4.78, 5) is 0. The zero-order valence-corrected chi connectivity index (χ0v) is 19.5. The molecule has 0 saturated carbocycles. The van der Waals surface area contributed by atoms with Gasteiger partial charge in [-0.05, 0) is 36.1 Å². The van der Waals surface area contributed by atoms with E-state index in [1.54, 1.807) is 0 Å². The van der Waals surface area contributed by atoms with Crippen molar-refractivity contribution in [2.75, 3.05) is 39.8 Å². The Morgan fingerprint density at radius 1 is 0.808 bits per heavy atom. The van der Waals surface area contributed by atoms with Crippen molar-refractivity contribution in [3.63, 3.8) is 0 Å². The van der Waals surface area contributed by atoms with Gasteiger partial charge in [0.1, 0.15) is 0 Å². The fraction of sp³-hybridized carbons (Fsp3) is 0.684. The molecule has 0 aromatic heterocycles. The molecule has 26 heavy (non-hydrogen) atoms. The minimum Gasteiger partial charge on any atom is -0.454 e. The quantitative estimate of drug-likeness (QED) is 0.298. The molecule has 1 aliphatic rings. The van der Waals surface area contributed by atoms with Crippen LogP contribution >= 0.6 is 0 Å². The van der Waals surface area contributed by atoms with Crippen molar-refractivity contribution < 1.29 is 40.8 Å². The largest absolute Gasteiger partial charge is 0.454 e. The smallest absolute Gasteiger partial charge is 0.231 e. The zero-order valence-electron chi connectivity index (χ0n) is 15.8. The Bertz CT molecular complexity index is 487. The number of fused-ring (bicyclic) bond motifs is 1. The van der Waals surface area contributed by atoms with Gasteiger partial charge in [0.2, 0.25) is 6.79 Å². The third-order valence-corrected chi connectivity index (χ3v) is 3.86. The summed E-state index contributed by atoms with van der Waals surface area (Å²) >= 11 is 0. The second kappa shape index (κ2) is 16.0.